The fourth-order valence-electron chi connectivity index (χ4n) is 1.19. The molecule has 1 atom stereocenters. The lowest BCUT2D eigenvalue weighted by Crippen LogP contribution is -1.89. The number of isocyanates is 1. The molecule has 13 heavy (non-hydrogen) atoms. The van der Waals surface area contributed by atoms with Gasteiger partial charge in [-0.3, -0.25) is 0 Å². The van der Waals surface area contributed by atoms with Crippen LogP contribution in [0.15, 0.2) is 29.3 Å². The zero-order chi connectivity index (χ0) is 9.68. The fourth-order valence-corrected chi connectivity index (χ4v) is 1.19. The Morgan fingerprint density at radius 3 is 2.46 bits per heavy atom. The Balaban J connectivity index is 2.85. The minimum absolute atomic E-state index is 0.0802. The van der Waals surface area contributed by atoms with E-state index in [2.05, 4.69) is 24.0 Å². The number of aryl methyl sites for hydroxylation is 1. The van der Waals surface area contributed by atoms with Gasteiger partial charge in [0.1, 0.15) is 0 Å². The molecule has 2 heteroatoms. The molecule has 0 aliphatic heterocycles. The molecule has 0 saturated carbocycles. The summed E-state index contributed by atoms with van der Waals surface area (Å²) < 4.78 is 0. The molecule has 1 aromatic rings. The molecule has 0 saturated heterocycles. The van der Waals surface area contributed by atoms with Gasteiger partial charge in [-0.05, 0) is 24.5 Å². The molecule has 0 aromatic heterocycles. The van der Waals surface area contributed by atoms with E-state index in [-0.39, 0.29) is 6.04 Å². The highest BCUT2D eigenvalue weighted by Crippen LogP contribution is 2.16. The smallest absolute Gasteiger partial charge is 0.211 e. The highest BCUT2D eigenvalue weighted by Gasteiger charge is 2.01. The zero-order valence-electron chi connectivity index (χ0n) is 7.95. The quantitative estimate of drug-likeness (QED) is 0.513. The molecule has 1 unspecified atom stereocenters. The maximum absolute atomic E-state index is 10.0. The third-order valence-corrected chi connectivity index (χ3v) is 2.12. The minimum Gasteiger partial charge on any atom is -0.211 e. The molecule has 0 aliphatic carbocycles. The Bertz CT molecular complexity index is 309. The molecular formula is C11H13NO. The molecule has 0 amide bonds. The summed E-state index contributed by atoms with van der Waals surface area (Å²) in [6, 6.07) is 8.05. The first-order chi connectivity index (χ1) is 6.27. The summed E-state index contributed by atoms with van der Waals surface area (Å²) in [5, 5.41) is 0. The second-order valence-electron chi connectivity index (χ2n) is 2.99. The average molecular weight is 175 g/mol. The molecule has 0 N–H and O–H groups in total. The highest BCUT2D eigenvalue weighted by atomic mass is 16.1. The number of aliphatic imine (C=N–C) groups is 1. The molecule has 0 spiro atoms. The Morgan fingerprint density at radius 2 is 2.00 bits per heavy atom. The first kappa shape index (κ1) is 9.69. The number of rotatable bonds is 3. The van der Waals surface area contributed by atoms with Crippen molar-refractivity contribution in [1.82, 2.24) is 0 Å². The van der Waals surface area contributed by atoms with Gasteiger partial charge in [0.15, 0.2) is 0 Å². The molecule has 1 aromatic carbocycles. The van der Waals surface area contributed by atoms with Gasteiger partial charge in [0.2, 0.25) is 6.08 Å². The summed E-state index contributed by atoms with van der Waals surface area (Å²) in [7, 11) is 0. The lowest BCUT2D eigenvalue weighted by molar-refractivity contribution is 0.559. The summed E-state index contributed by atoms with van der Waals surface area (Å²) in [5.74, 6) is 0. The first-order valence-corrected chi connectivity index (χ1v) is 4.43. The van der Waals surface area contributed by atoms with Crippen LogP contribution in [0.25, 0.3) is 0 Å². The van der Waals surface area contributed by atoms with Gasteiger partial charge in [-0.1, -0.05) is 31.2 Å². The van der Waals surface area contributed by atoms with Crippen molar-refractivity contribution in [3.63, 3.8) is 0 Å². The molecular weight excluding hydrogens is 162 g/mol. The lowest BCUT2D eigenvalue weighted by atomic mass is 10.1. The van der Waals surface area contributed by atoms with E-state index < -0.39 is 0 Å². The van der Waals surface area contributed by atoms with Gasteiger partial charge < -0.3 is 0 Å². The van der Waals surface area contributed by atoms with E-state index in [0.29, 0.717) is 0 Å². The predicted molar refractivity (Wildman–Crippen MR) is 52.4 cm³/mol. The summed E-state index contributed by atoms with van der Waals surface area (Å²) in [4.78, 5) is 13.7. The van der Waals surface area contributed by atoms with Crippen LogP contribution in [0.3, 0.4) is 0 Å². The van der Waals surface area contributed by atoms with E-state index in [1.165, 1.54) is 5.56 Å². The Hall–Kier alpha value is -1.40. The van der Waals surface area contributed by atoms with Crippen molar-refractivity contribution in [3.8, 4) is 0 Å². The van der Waals surface area contributed by atoms with Crippen LogP contribution in [-0.4, -0.2) is 6.08 Å². The van der Waals surface area contributed by atoms with Crippen molar-refractivity contribution in [1.29, 1.82) is 0 Å². The first-order valence-electron chi connectivity index (χ1n) is 4.43. The van der Waals surface area contributed by atoms with Crippen LogP contribution in [0.5, 0.6) is 0 Å². The van der Waals surface area contributed by atoms with Crippen LogP contribution >= 0.6 is 0 Å². The summed E-state index contributed by atoms with van der Waals surface area (Å²) >= 11 is 0. The maximum Gasteiger partial charge on any atom is 0.235 e. The monoisotopic (exact) mass is 175 g/mol. The number of hydrogen-bond donors (Lipinski definition) is 0. The average Bonchev–Trinajstić information content (AvgIpc) is 2.18. The van der Waals surface area contributed by atoms with E-state index in [1.54, 1.807) is 6.08 Å². The molecule has 1 rings (SSSR count). The van der Waals surface area contributed by atoms with Crippen LogP contribution in [0, 0.1) is 0 Å². The van der Waals surface area contributed by atoms with E-state index >= 15 is 0 Å². The second-order valence-corrected chi connectivity index (χ2v) is 2.99. The molecule has 0 radical (unpaired) electrons. The van der Waals surface area contributed by atoms with Gasteiger partial charge >= 0.3 is 0 Å². The minimum atomic E-state index is -0.0802. The zero-order valence-corrected chi connectivity index (χ0v) is 7.95. The summed E-state index contributed by atoms with van der Waals surface area (Å²) in [6.45, 7) is 3.99. The number of nitrogens with zero attached hydrogens (tertiary/aromatic N) is 1. The van der Waals surface area contributed by atoms with Crippen molar-refractivity contribution in [2.75, 3.05) is 0 Å². The Labute approximate surface area is 78.3 Å². The third-order valence-electron chi connectivity index (χ3n) is 2.12. The number of benzene rings is 1. The van der Waals surface area contributed by atoms with Crippen molar-refractivity contribution in [3.05, 3.63) is 35.4 Å². The van der Waals surface area contributed by atoms with Gasteiger partial charge in [0, 0.05) is 0 Å². The normalized spacial score (nSPS) is 11.8. The molecule has 0 bridgehead atoms. The fraction of sp³-hybridized carbons (Fsp3) is 0.364. The molecule has 0 aliphatic rings. The van der Waals surface area contributed by atoms with Crippen molar-refractivity contribution in [2.45, 2.75) is 26.3 Å². The van der Waals surface area contributed by atoms with Crippen LogP contribution in [-0.2, 0) is 11.2 Å². The van der Waals surface area contributed by atoms with Gasteiger partial charge in [0.25, 0.3) is 0 Å². The maximum atomic E-state index is 10.0. The second kappa shape index (κ2) is 4.58. The standard InChI is InChI=1S/C11H13NO/c1-3-10-4-6-11(7-5-10)9(2)12-8-13/h4-7,9H,3H2,1-2H3. The number of carbonyl (C=O) groups excluding carboxylic acids is 1. The van der Waals surface area contributed by atoms with E-state index in [4.69, 9.17) is 0 Å². The Kier molecular flexibility index (Phi) is 3.41. The van der Waals surface area contributed by atoms with Crippen LogP contribution in [0.4, 0.5) is 0 Å². The van der Waals surface area contributed by atoms with Crippen LogP contribution in [0.1, 0.15) is 31.0 Å². The summed E-state index contributed by atoms with van der Waals surface area (Å²) in [5.41, 5.74) is 2.35. The number of hydrogen-bond acceptors (Lipinski definition) is 2. The van der Waals surface area contributed by atoms with Crippen LogP contribution < -0.4 is 0 Å². The van der Waals surface area contributed by atoms with E-state index in [1.807, 2.05) is 19.1 Å². The van der Waals surface area contributed by atoms with Crippen molar-refractivity contribution < 1.29 is 4.79 Å². The van der Waals surface area contributed by atoms with Gasteiger partial charge in [-0.25, -0.2) is 4.79 Å². The SMILES string of the molecule is CCc1ccc(C(C)N=C=O)cc1. The van der Waals surface area contributed by atoms with Crippen LogP contribution in [0.2, 0.25) is 0 Å². The third kappa shape index (κ3) is 2.53. The van der Waals surface area contributed by atoms with E-state index in [0.717, 1.165) is 12.0 Å². The molecule has 0 heterocycles. The van der Waals surface area contributed by atoms with Gasteiger partial charge in [-0.15, -0.1) is 0 Å². The predicted octanol–water partition coefficient (Wildman–Crippen LogP) is 2.65. The topological polar surface area (TPSA) is 29.4 Å². The van der Waals surface area contributed by atoms with Gasteiger partial charge in [-0.2, -0.15) is 4.99 Å². The Morgan fingerprint density at radius 1 is 1.38 bits per heavy atom. The molecule has 2 nitrogen and oxygen atoms in total. The lowest BCUT2D eigenvalue weighted by Gasteiger charge is -2.04. The molecule has 68 valence electrons. The van der Waals surface area contributed by atoms with Crippen molar-refractivity contribution >= 4 is 6.08 Å². The van der Waals surface area contributed by atoms with E-state index in [9.17, 15) is 4.79 Å². The van der Waals surface area contributed by atoms with Gasteiger partial charge in [0.05, 0.1) is 6.04 Å². The largest absolute Gasteiger partial charge is 0.235 e. The molecule has 0 fully saturated rings. The van der Waals surface area contributed by atoms with Crippen molar-refractivity contribution in [2.24, 2.45) is 4.99 Å². The summed E-state index contributed by atoms with van der Waals surface area (Å²) in [6.07, 6.45) is 2.60. The highest BCUT2D eigenvalue weighted by molar-refractivity contribution is 5.35.